The summed E-state index contributed by atoms with van der Waals surface area (Å²) in [6.45, 7) is 6.19. The van der Waals surface area contributed by atoms with Crippen LogP contribution in [0.2, 0.25) is 0 Å². The number of hydrogen-bond acceptors (Lipinski definition) is 4. The van der Waals surface area contributed by atoms with Crippen LogP contribution in [0.25, 0.3) is 0 Å². The number of carbonyl (C=O) groups is 1. The number of nitrogens with zero attached hydrogens (tertiary/aromatic N) is 1. The van der Waals surface area contributed by atoms with Gasteiger partial charge in [-0.25, -0.2) is 8.42 Å². The van der Waals surface area contributed by atoms with Crippen molar-refractivity contribution >= 4 is 15.7 Å². The Kier molecular flexibility index (Phi) is 3.68. The van der Waals surface area contributed by atoms with Crippen LogP contribution in [0.5, 0.6) is 0 Å². The van der Waals surface area contributed by atoms with E-state index in [0.29, 0.717) is 24.9 Å². The molecule has 110 valence electrons. The van der Waals surface area contributed by atoms with Crippen molar-refractivity contribution in [1.82, 2.24) is 4.90 Å². The van der Waals surface area contributed by atoms with E-state index < -0.39 is 14.6 Å². The molecule has 1 amide bonds. The zero-order valence-electron chi connectivity index (χ0n) is 11.9. The average molecular weight is 288 g/mol. The first-order valence-electron chi connectivity index (χ1n) is 6.87. The quantitative estimate of drug-likeness (QED) is 0.797. The van der Waals surface area contributed by atoms with E-state index in [1.807, 2.05) is 0 Å². The summed E-state index contributed by atoms with van der Waals surface area (Å²) in [6.07, 6.45) is 2.08. The predicted molar refractivity (Wildman–Crippen MR) is 74.3 cm³/mol. The van der Waals surface area contributed by atoms with Gasteiger partial charge in [0.2, 0.25) is 5.91 Å². The van der Waals surface area contributed by atoms with Crippen LogP contribution in [0.15, 0.2) is 0 Å². The van der Waals surface area contributed by atoms with Gasteiger partial charge in [-0.3, -0.25) is 4.79 Å². The molecule has 1 saturated carbocycles. The Balaban J connectivity index is 2.00. The Morgan fingerprint density at radius 1 is 1.26 bits per heavy atom. The summed E-state index contributed by atoms with van der Waals surface area (Å²) in [4.78, 5) is 13.8. The lowest BCUT2D eigenvalue weighted by Crippen LogP contribution is -2.41. The zero-order valence-corrected chi connectivity index (χ0v) is 12.7. The maximum Gasteiger partial charge on any atom is 0.237 e. The Morgan fingerprint density at radius 3 is 2.42 bits per heavy atom. The van der Waals surface area contributed by atoms with E-state index in [2.05, 4.69) is 0 Å². The second-order valence-electron chi connectivity index (χ2n) is 6.84. The molecule has 3 atom stereocenters. The van der Waals surface area contributed by atoms with Crippen molar-refractivity contribution < 1.29 is 13.2 Å². The minimum Gasteiger partial charge on any atom is -0.341 e. The lowest BCUT2D eigenvalue weighted by atomic mass is 9.98. The van der Waals surface area contributed by atoms with Gasteiger partial charge in [-0.05, 0) is 45.4 Å². The summed E-state index contributed by atoms with van der Waals surface area (Å²) in [5.74, 6) is 0.180. The SMILES string of the molecule is CC(C)(C)S(=O)(=O)CC(=O)N1CC2CCC(N)C2C1. The van der Waals surface area contributed by atoms with Gasteiger partial charge in [0.15, 0.2) is 9.84 Å². The summed E-state index contributed by atoms with van der Waals surface area (Å²) in [6, 6.07) is 0.169. The van der Waals surface area contributed by atoms with E-state index in [4.69, 9.17) is 5.73 Å². The molecule has 19 heavy (non-hydrogen) atoms. The van der Waals surface area contributed by atoms with E-state index in [1.54, 1.807) is 25.7 Å². The Morgan fingerprint density at radius 2 is 1.89 bits per heavy atom. The van der Waals surface area contributed by atoms with Gasteiger partial charge in [0.05, 0.1) is 4.75 Å². The monoisotopic (exact) mass is 288 g/mol. The van der Waals surface area contributed by atoms with E-state index >= 15 is 0 Å². The molecule has 0 aromatic rings. The number of fused-ring (bicyclic) bond motifs is 1. The number of nitrogens with two attached hydrogens (primary N) is 1. The fraction of sp³-hybridized carbons (Fsp3) is 0.923. The maximum atomic E-state index is 12.2. The molecule has 2 rings (SSSR count). The minimum atomic E-state index is -3.39. The van der Waals surface area contributed by atoms with Crippen molar-refractivity contribution in [3.8, 4) is 0 Å². The number of hydrogen-bond donors (Lipinski definition) is 1. The first-order chi connectivity index (χ1) is 8.62. The summed E-state index contributed by atoms with van der Waals surface area (Å²) in [5.41, 5.74) is 6.02. The molecule has 0 radical (unpaired) electrons. The van der Waals surface area contributed by atoms with Crippen LogP contribution in [-0.4, -0.2) is 48.9 Å². The van der Waals surface area contributed by atoms with Crippen molar-refractivity contribution in [2.24, 2.45) is 17.6 Å². The smallest absolute Gasteiger partial charge is 0.237 e. The lowest BCUT2D eigenvalue weighted by Gasteiger charge is -2.23. The van der Waals surface area contributed by atoms with Crippen LogP contribution in [0.1, 0.15) is 33.6 Å². The highest BCUT2D eigenvalue weighted by Crippen LogP contribution is 2.37. The fourth-order valence-electron chi connectivity index (χ4n) is 2.98. The summed E-state index contributed by atoms with van der Waals surface area (Å²) in [7, 11) is -3.39. The molecule has 1 saturated heterocycles. The number of amides is 1. The molecule has 3 unspecified atom stereocenters. The molecule has 0 bridgehead atoms. The molecule has 1 aliphatic heterocycles. The van der Waals surface area contributed by atoms with Gasteiger partial charge in [0.1, 0.15) is 5.75 Å². The molecule has 1 aliphatic carbocycles. The second-order valence-corrected chi connectivity index (χ2v) is 9.58. The molecule has 0 spiro atoms. The highest BCUT2D eigenvalue weighted by atomic mass is 32.2. The van der Waals surface area contributed by atoms with Crippen LogP contribution in [0.3, 0.4) is 0 Å². The Hall–Kier alpha value is -0.620. The van der Waals surface area contributed by atoms with Crippen LogP contribution < -0.4 is 5.73 Å². The van der Waals surface area contributed by atoms with E-state index in [0.717, 1.165) is 12.8 Å². The van der Waals surface area contributed by atoms with Crippen LogP contribution in [0.4, 0.5) is 0 Å². The topological polar surface area (TPSA) is 80.5 Å². The van der Waals surface area contributed by atoms with E-state index in [-0.39, 0.29) is 17.7 Å². The maximum absolute atomic E-state index is 12.2. The highest BCUT2D eigenvalue weighted by Gasteiger charge is 2.43. The number of rotatable bonds is 2. The Bertz CT molecular complexity index is 467. The molecule has 0 aromatic carbocycles. The van der Waals surface area contributed by atoms with Crippen molar-refractivity contribution in [1.29, 1.82) is 0 Å². The largest absolute Gasteiger partial charge is 0.341 e. The molecular weight excluding hydrogens is 264 g/mol. The molecule has 2 N–H and O–H groups in total. The zero-order chi connectivity index (χ0) is 14.4. The second kappa shape index (κ2) is 4.74. The third-order valence-corrected chi connectivity index (χ3v) is 7.00. The summed E-state index contributed by atoms with van der Waals surface area (Å²) in [5, 5.41) is 0. The summed E-state index contributed by atoms with van der Waals surface area (Å²) >= 11 is 0. The van der Waals surface area contributed by atoms with Crippen molar-refractivity contribution in [2.75, 3.05) is 18.8 Å². The molecule has 1 heterocycles. The number of likely N-dealkylation sites (tertiary alicyclic amines) is 1. The van der Waals surface area contributed by atoms with Gasteiger partial charge in [-0.1, -0.05) is 0 Å². The van der Waals surface area contributed by atoms with Gasteiger partial charge in [-0.15, -0.1) is 0 Å². The van der Waals surface area contributed by atoms with Gasteiger partial charge >= 0.3 is 0 Å². The fourth-order valence-corrected chi connectivity index (χ4v) is 3.92. The molecule has 5 nitrogen and oxygen atoms in total. The molecular formula is C13H24N2O3S. The normalized spacial score (nSPS) is 31.6. The Labute approximate surface area is 115 Å². The molecule has 0 aromatic heterocycles. The standard InChI is InChI=1S/C13H24N2O3S/c1-13(2,3)19(17,18)8-12(16)15-6-9-4-5-11(14)10(9)7-15/h9-11H,4-8,14H2,1-3H3. The van der Waals surface area contributed by atoms with E-state index in [9.17, 15) is 13.2 Å². The minimum absolute atomic E-state index is 0.169. The van der Waals surface area contributed by atoms with Gasteiger partial charge in [0, 0.05) is 19.1 Å². The lowest BCUT2D eigenvalue weighted by molar-refractivity contribution is -0.127. The van der Waals surface area contributed by atoms with Crippen LogP contribution in [-0.2, 0) is 14.6 Å². The van der Waals surface area contributed by atoms with Gasteiger partial charge in [-0.2, -0.15) is 0 Å². The van der Waals surface area contributed by atoms with Gasteiger partial charge < -0.3 is 10.6 Å². The first kappa shape index (κ1) is 14.8. The van der Waals surface area contributed by atoms with Crippen molar-refractivity contribution in [2.45, 2.75) is 44.4 Å². The number of sulfone groups is 1. The highest BCUT2D eigenvalue weighted by molar-refractivity contribution is 7.93. The third-order valence-electron chi connectivity index (χ3n) is 4.51. The first-order valence-corrected chi connectivity index (χ1v) is 8.53. The van der Waals surface area contributed by atoms with Gasteiger partial charge in [0.25, 0.3) is 0 Å². The predicted octanol–water partition coefficient (Wildman–Crippen LogP) is 0.395. The molecule has 6 heteroatoms. The van der Waals surface area contributed by atoms with E-state index in [1.165, 1.54) is 0 Å². The third kappa shape index (κ3) is 2.79. The molecule has 2 aliphatic rings. The van der Waals surface area contributed by atoms with Crippen LogP contribution in [0, 0.1) is 11.8 Å². The molecule has 2 fully saturated rings. The van der Waals surface area contributed by atoms with Crippen molar-refractivity contribution in [3.63, 3.8) is 0 Å². The van der Waals surface area contributed by atoms with Crippen LogP contribution >= 0.6 is 0 Å². The summed E-state index contributed by atoms with van der Waals surface area (Å²) < 4.78 is 23.2. The average Bonchev–Trinajstić information content (AvgIpc) is 2.79. The van der Waals surface area contributed by atoms with Crippen molar-refractivity contribution in [3.05, 3.63) is 0 Å². The number of carbonyl (C=O) groups excluding carboxylic acids is 1.